The van der Waals surface area contributed by atoms with Gasteiger partial charge in [0.1, 0.15) is 6.07 Å². The van der Waals surface area contributed by atoms with Gasteiger partial charge < -0.3 is 14.3 Å². The minimum absolute atomic E-state index is 0.198. The fraction of sp³-hybridized carbons (Fsp3) is 0.357. The largest absolute Gasteiger partial charge is 0.466 e. The van der Waals surface area contributed by atoms with E-state index >= 15 is 0 Å². The second-order valence-corrected chi connectivity index (χ2v) is 4.69. The average Bonchev–Trinajstić information content (AvgIpc) is 2.75. The number of hydrogen-bond donors (Lipinski definition) is 1. The fourth-order valence-electron chi connectivity index (χ4n) is 2.11. The molecule has 0 aliphatic rings. The Morgan fingerprint density at radius 2 is 2.35 bits per heavy atom. The first-order valence-corrected chi connectivity index (χ1v) is 6.85. The lowest BCUT2D eigenvalue weighted by atomic mass is 10.2. The van der Waals surface area contributed by atoms with E-state index in [9.17, 15) is 4.79 Å². The summed E-state index contributed by atoms with van der Waals surface area (Å²) in [7, 11) is 0. The van der Waals surface area contributed by atoms with Crippen LogP contribution >= 0.6 is 12.2 Å². The van der Waals surface area contributed by atoms with E-state index in [1.54, 1.807) is 13.0 Å². The van der Waals surface area contributed by atoms with Crippen LogP contribution in [0.15, 0.2) is 18.2 Å². The van der Waals surface area contributed by atoms with E-state index in [2.05, 4.69) is 11.1 Å². The molecule has 2 aromatic rings. The van der Waals surface area contributed by atoms with Gasteiger partial charge in [-0.25, -0.2) is 0 Å². The van der Waals surface area contributed by atoms with E-state index in [1.807, 2.05) is 16.7 Å². The van der Waals surface area contributed by atoms with Crippen molar-refractivity contribution in [2.75, 3.05) is 6.61 Å². The standard InChI is InChI=1S/C14H15N3O2S/c1-2-19-12(18)7-4-8-17-11-6-3-5-10(9-15)13(11)16-14(17)20/h3,5-6H,2,4,7-8H2,1H3,(H,16,20). The number of ether oxygens (including phenoxy) is 1. The molecular formula is C14H15N3O2S. The predicted octanol–water partition coefficient (Wildman–Crippen LogP) is 2.91. The Hall–Kier alpha value is -2.13. The number of benzene rings is 1. The number of rotatable bonds is 5. The number of para-hydroxylation sites is 1. The van der Waals surface area contributed by atoms with E-state index in [4.69, 9.17) is 22.2 Å². The number of nitriles is 1. The maximum absolute atomic E-state index is 11.3. The quantitative estimate of drug-likeness (QED) is 0.678. The summed E-state index contributed by atoms with van der Waals surface area (Å²) in [6.07, 6.45) is 1.01. The monoisotopic (exact) mass is 289 g/mol. The number of carbonyl (C=O) groups excluding carboxylic acids is 1. The smallest absolute Gasteiger partial charge is 0.305 e. The summed E-state index contributed by atoms with van der Waals surface area (Å²) < 4.78 is 7.36. The van der Waals surface area contributed by atoms with Crippen molar-refractivity contribution in [2.45, 2.75) is 26.3 Å². The molecule has 5 nitrogen and oxygen atoms in total. The van der Waals surface area contributed by atoms with Crippen molar-refractivity contribution in [3.63, 3.8) is 0 Å². The first-order valence-electron chi connectivity index (χ1n) is 6.44. The third-order valence-electron chi connectivity index (χ3n) is 3.00. The molecule has 2 rings (SSSR count). The summed E-state index contributed by atoms with van der Waals surface area (Å²) in [6, 6.07) is 7.62. The first kappa shape index (κ1) is 14.3. The third-order valence-corrected chi connectivity index (χ3v) is 3.32. The van der Waals surface area contributed by atoms with Gasteiger partial charge in [0.15, 0.2) is 4.77 Å². The number of nitrogens with one attached hydrogen (secondary N) is 1. The van der Waals surface area contributed by atoms with Gasteiger partial charge in [0.2, 0.25) is 0 Å². The first-order chi connectivity index (χ1) is 9.67. The molecule has 6 heteroatoms. The highest BCUT2D eigenvalue weighted by Gasteiger charge is 2.09. The molecule has 104 valence electrons. The molecule has 0 saturated carbocycles. The van der Waals surface area contributed by atoms with Gasteiger partial charge in [-0.1, -0.05) is 6.07 Å². The van der Waals surface area contributed by atoms with Crippen molar-refractivity contribution in [1.82, 2.24) is 9.55 Å². The number of nitrogens with zero attached hydrogens (tertiary/aromatic N) is 2. The third kappa shape index (κ3) is 2.89. The number of esters is 1. The molecule has 0 fully saturated rings. The SMILES string of the molecule is CCOC(=O)CCCn1c(=S)[nH]c2c(C#N)cccc21. The molecular weight excluding hydrogens is 274 g/mol. The molecule has 1 N–H and O–H groups in total. The molecule has 0 aliphatic heterocycles. The summed E-state index contributed by atoms with van der Waals surface area (Å²) in [5.41, 5.74) is 2.20. The topological polar surface area (TPSA) is 70.8 Å². The molecule has 0 radical (unpaired) electrons. The van der Waals surface area contributed by atoms with Crippen LogP contribution in [0, 0.1) is 16.1 Å². The summed E-state index contributed by atoms with van der Waals surface area (Å²) in [5, 5.41) is 9.07. The van der Waals surface area contributed by atoms with Gasteiger partial charge >= 0.3 is 5.97 Å². The van der Waals surface area contributed by atoms with Crippen LogP contribution in [-0.4, -0.2) is 22.1 Å². The van der Waals surface area contributed by atoms with Crippen molar-refractivity contribution < 1.29 is 9.53 Å². The van der Waals surface area contributed by atoms with Gasteiger partial charge in [0.25, 0.3) is 0 Å². The van der Waals surface area contributed by atoms with Crippen LogP contribution in [0.1, 0.15) is 25.3 Å². The Morgan fingerprint density at radius 3 is 3.05 bits per heavy atom. The number of carbonyl (C=O) groups is 1. The highest BCUT2D eigenvalue weighted by molar-refractivity contribution is 7.71. The van der Waals surface area contributed by atoms with Crippen LogP contribution in [0.5, 0.6) is 0 Å². The number of hydrogen-bond acceptors (Lipinski definition) is 4. The maximum atomic E-state index is 11.3. The second kappa shape index (κ2) is 6.35. The molecule has 0 saturated heterocycles. The van der Waals surface area contributed by atoms with E-state index in [1.165, 1.54) is 0 Å². The highest BCUT2D eigenvalue weighted by atomic mass is 32.1. The summed E-state index contributed by atoms with van der Waals surface area (Å²) >= 11 is 5.27. The highest BCUT2D eigenvalue weighted by Crippen LogP contribution is 2.18. The minimum atomic E-state index is -0.198. The molecule has 1 heterocycles. The Balaban J connectivity index is 2.19. The minimum Gasteiger partial charge on any atom is -0.466 e. The molecule has 1 aromatic carbocycles. The van der Waals surface area contributed by atoms with E-state index in [-0.39, 0.29) is 5.97 Å². The lowest BCUT2D eigenvalue weighted by Gasteiger charge is -2.04. The lowest BCUT2D eigenvalue weighted by molar-refractivity contribution is -0.143. The van der Waals surface area contributed by atoms with Gasteiger partial charge in [-0.05, 0) is 37.7 Å². The van der Waals surface area contributed by atoms with Gasteiger partial charge in [-0.15, -0.1) is 0 Å². The second-order valence-electron chi connectivity index (χ2n) is 4.30. The van der Waals surface area contributed by atoms with Gasteiger partial charge in [0, 0.05) is 13.0 Å². The van der Waals surface area contributed by atoms with Crippen molar-refractivity contribution in [3.05, 3.63) is 28.5 Å². The molecule has 0 atom stereocenters. The number of imidazole rings is 1. The number of aromatic amines is 1. The fourth-order valence-corrected chi connectivity index (χ4v) is 2.40. The zero-order chi connectivity index (χ0) is 14.5. The van der Waals surface area contributed by atoms with Crippen molar-refractivity contribution in [1.29, 1.82) is 5.26 Å². The normalized spacial score (nSPS) is 10.4. The van der Waals surface area contributed by atoms with Gasteiger partial charge in [0.05, 0.1) is 23.2 Å². The summed E-state index contributed by atoms with van der Waals surface area (Å²) in [5.74, 6) is -0.198. The lowest BCUT2D eigenvalue weighted by Crippen LogP contribution is -2.06. The number of fused-ring (bicyclic) bond motifs is 1. The Bertz CT molecular complexity index is 724. The van der Waals surface area contributed by atoms with Crippen LogP contribution in [-0.2, 0) is 16.1 Å². The van der Waals surface area contributed by atoms with Gasteiger partial charge in [-0.2, -0.15) is 5.26 Å². The van der Waals surface area contributed by atoms with Gasteiger partial charge in [-0.3, -0.25) is 4.79 Å². The molecule has 20 heavy (non-hydrogen) atoms. The van der Waals surface area contributed by atoms with Crippen molar-refractivity contribution >= 4 is 29.2 Å². The molecule has 0 amide bonds. The van der Waals surface area contributed by atoms with Crippen LogP contribution in [0.2, 0.25) is 0 Å². The number of aryl methyl sites for hydroxylation is 1. The number of aromatic nitrogens is 2. The van der Waals surface area contributed by atoms with Crippen molar-refractivity contribution in [3.8, 4) is 6.07 Å². The van der Waals surface area contributed by atoms with Crippen LogP contribution in [0.4, 0.5) is 0 Å². The van der Waals surface area contributed by atoms with E-state index in [0.717, 1.165) is 11.0 Å². The average molecular weight is 289 g/mol. The van der Waals surface area contributed by atoms with Crippen LogP contribution in [0.25, 0.3) is 11.0 Å². The predicted molar refractivity (Wildman–Crippen MR) is 77.7 cm³/mol. The van der Waals surface area contributed by atoms with Crippen LogP contribution < -0.4 is 0 Å². The molecule has 0 spiro atoms. The van der Waals surface area contributed by atoms with E-state index < -0.39 is 0 Å². The van der Waals surface area contributed by atoms with Crippen molar-refractivity contribution in [2.24, 2.45) is 0 Å². The molecule has 0 unspecified atom stereocenters. The molecule has 0 aliphatic carbocycles. The number of H-pyrrole nitrogens is 1. The Morgan fingerprint density at radius 1 is 1.55 bits per heavy atom. The summed E-state index contributed by atoms with van der Waals surface area (Å²) in [4.78, 5) is 14.4. The molecule has 0 bridgehead atoms. The summed E-state index contributed by atoms with van der Waals surface area (Å²) in [6.45, 7) is 2.81. The Labute approximate surface area is 121 Å². The molecule has 1 aromatic heterocycles. The zero-order valence-electron chi connectivity index (χ0n) is 11.2. The maximum Gasteiger partial charge on any atom is 0.305 e. The zero-order valence-corrected chi connectivity index (χ0v) is 12.0. The Kier molecular flexibility index (Phi) is 4.53. The van der Waals surface area contributed by atoms with E-state index in [0.29, 0.717) is 36.3 Å². The van der Waals surface area contributed by atoms with Crippen LogP contribution in [0.3, 0.4) is 0 Å².